The number of benzene rings is 1. The highest BCUT2D eigenvalue weighted by molar-refractivity contribution is 7.12. The summed E-state index contributed by atoms with van der Waals surface area (Å²) in [4.78, 5) is 29.0. The molecule has 0 aliphatic carbocycles. The summed E-state index contributed by atoms with van der Waals surface area (Å²) in [7, 11) is 0. The number of carbonyl (C=O) groups is 2. The zero-order chi connectivity index (χ0) is 17.6. The molecular formula is C19H22N2O3S. The van der Waals surface area contributed by atoms with Crippen molar-refractivity contribution < 1.29 is 14.3 Å². The third-order valence-electron chi connectivity index (χ3n) is 4.36. The van der Waals surface area contributed by atoms with Crippen LogP contribution in [0.4, 0.5) is 0 Å². The van der Waals surface area contributed by atoms with Crippen LogP contribution in [-0.4, -0.2) is 54.4 Å². The van der Waals surface area contributed by atoms with Gasteiger partial charge in [0.2, 0.25) is 0 Å². The van der Waals surface area contributed by atoms with Crippen LogP contribution < -0.4 is 4.74 Å². The van der Waals surface area contributed by atoms with E-state index in [0.717, 1.165) is 22.6 Å². The average Bonchev–Trinajstić information content (AvgIpc) is 3.20. The molecule has 0 radical (unpaired) electrons. The van der Waals surface area contributed by atoms with Gasteiger partial charge in [0.05, 0.1) is 4.88 Å². The van der Waals surface area contributed by atoms with Gasteiger partial charge in [-0.15, -0.1) is 11.3 Å². The predicted octanol–water partition coefficient (Wildman–Crippen LogP) is 2.67. The molecule has 3 rings (SSSR count). The Balaban J connectivity index is 1.49. The van der Waals surface area contributed by atoms with E-state index in [2.05, 4.69) is 6.92 Å². The molecule has 1 aromatic carbocycles. The number of hydrogen-bond acceptors (Lipinski definition) is 4. The van der Waals surface area contributed by atoms with Crippen molar-refractivity contribution in [3.8, 4) is 5.75 Å². The van der Waals surface area contributed by atoms with E-state index in [9.17, 15) is 9.59 Å². The van der Waals surface area contributed by atoms with E-state index < -0.39 is 0 Å². The summed E-state index contributed by atoms with van der Waals surface area (Å²) in [5.74, 6) is 0.786. The molecule has 2 aromatic rings. The Labute approximate surface area is 151 Å². The summed E-state index contributed by atoms with van der Waals surface area (Å²) in [6, 6.07) is 11.5. The van der Waals surface area contributed by atoms with Crippen LogP contribution >= 0.6 is 11.3 Å². The minimum Gasteiger partial charge on any atom is -0.483 e. The summed E-state index contributed by atoms with van der Waals surface area (Å²) in [5.41, 5.74) is 1.10. The molecule has 6 heteroatoms. The van der Waals surface area contributed by atoms with Crippen molar-refractivity contribution in [2.75, 3.05) is 32.8 Å². The third kappa shape index (κ3) is 4.20. The first-order valence-electron chi connectivity index (χ1n) is 8.50. The molecule has 1 aliphatic rings. The number of carbonyl (C=O) groups excluding carboxylic acids is 2. The summed E-state index contributed by atoms with van der Waals surface area (Å²) >= 11 is 1.45. The highest BCUT2D eigenvalue weighted by Crippen LogP contribution is 2.18. The molecule has 0 unspecified atom stereocenters. The monoisotopic (exact) mass is 358 g/mol. The number of amides is 2. The van der Waals surface area contributed by atoms with E-state index in [1.807, 2.05) is 46.7 Å². The normalized spacial score (nSPS) is 14.4. The van der Waals surface area contributed by atoms with Gasteiger partial charge in [0.1, 0.15) is 5.75 Å². The van der Waals surface area contributed by atoms with E-state index in [4.69, 9.17) is 4.74 Å². The van der Waals surface area contributed by atoms with Crippen molar-refractivity contribution >= 4 is 23.2 Å². The fourth-order valence-corrected chi connectivity index (χ4v) is 3.57. The first kappa shape index (κ1) is 17.5. The number of para-hydroxylation sites is 1. The maximum Gasteiger partial charge on any atom is 0.264 e. The molecule has 25 heavy (non-hydrogen) atoms. The maximum atomic E-state index is 12.4. The topological polar surface area (TPSA) is 49.9 Å². The van der Waals surface area contributed by atoms with Gasteiger partial charge in [-0.05, 0) is 29.5 Å². The van der Waals surface area contributed by atoms with Crippen LogP contribution in [0.25, 0.3) is 0 Å². The molecular weight excluding hydrogens is 336 g/mol. The summed E-state index contributed by atoms with van der Waals surface area (Å²) in [6.45, 7) is 4.33. The maximum absolute atomic E-state index is 12.4. The van der Waals surface area contributed by atoms with Crippen molar-refractivity contribution in [2.24, 2.45) is 0 Å². The lowest BCUT2D eigenvalue weighted by molar-refractivity contribution is -0.134. The molecule has 5 nitrogen and oxygen atoms in total. The lowest BCUT2D eigenvalue weighted by Gasteiger charge is -2.34. The number of aryl methyl sites for hydroxylation is 1. The Hall–Kier alpha value is -2.34. The zero-order valence-electron chi connectivity index (χ0n) is 14.3. The van der Waals surface area contributed by atoms with Gasteiger partial charge >= 0.3 is 0 Å². The molecule has 1 fully saturated rings. The van der Waals surface area contributed by atoms with E-state index in [0.29, 0.717) is 26.2 Å². The van der Waals surface area contributed by atoms with E-state index in [-0.39, 0.29) is 18.4 Å². The van der Waals surface area contributed by atoms with E-state index >= 15 is 0 Å². The van der Waals surface area contributed by atoms with Crippen LogP contribution in [0.3, 0.4) is 0 Å². The Bertz CT molecular complexity index is 722. The molecule has 0 atom stereocenters. The van der Waals surface area contributed by atoms with Gasteiger partial charge in [-0.25, -0.2) is 0 Å². The van der Waals surface area contributed by atoms with Crippen LogP contribution in [0, 0.1) is 0 Å². The molecule has 132 valence electrons. The van der Waals surface area contributed by atoms with Crippen LogP contribution in [-0.2, 0) is 11.2 Å². The number of rotatable bonds is 5. The molecule has 0 N–H and O–H groups in total. The molecule has 2 amide bonds. The zero-order valence-corrected chi connectivity index (χ0v) is 15.1. The fourth-order valence-electron chi connectivity index (χ4n) is 2.88. The Morgan fingerprint density at radius 3 is 2.44 bits per heavy atom. The quantitative estimate of drug-likeness (QED) is 0.826. The summed E-state index contributed by atoms with van der Waals surface area (Å²) in [6.07, 6.45) is 0.869. The largest absolute Gasteiger partial charge is 0.483 e. The summed E-state index contributed by atoms with van der Waals surface area (Å²) in [5, 5.41) is 1.90. The van der Waals surface area contributed by atoms with Crippen molar-refractivity contribution in [3.63, 3.8) is 0 Å². The first-order valence-corrected chi connectivity index (χ1v) is 9.38. The van der Waals surface area contributed by atoms with Gasteiger partial charge in [0.25, 0.3) is 11.8 Å². The van der Waals surface area contributed by atoms with Crippen LogP contribution in [0.1, 0.15) is 22.2 Å². The lowest BCUT2D eigenvalue weighted by Crippen LogP contribution is -2.51. The second kappa shape index (κ2) is 8.16. The number of thiophene rings is 1. The molecule has 0 bridgehead atoms. The van der Waals surface area contributed by atoms with Gasteiger partial charge in [-0.3, -0.25) is 9.59 Å². The molecule has 0 saturated carbocycles. The van der Waals surface area contributed by atoms with Crippen LogP contribution in [0.2, 0.25) is 0 Å². The number of hydrogen-bond donors (Lipinski definition) is 0. The first-order chi connectivity index (χ1) is 12.2. The smallest absolute Gasteiger partial charge is 0.264 e. The van der Waals surface area contributed by atoms with Gasteiger partial charge in [-0.1, -0.05) is 31.2 Å². The lowest BCUT2D eigenvalue weighted by atomic mass is 10.1. The average molecular weight is 358 g/mol. The van der Waals surface area contributed by atoms with Gasteiger partial charge < -0.3 is 14.5 Å². The van der Waals surface area contributed by atoms with E-state index in [1.54, 1.807) is 4.90 Å². The highest BCUT2D eigenvalue weighted by Gasteiger charge is 2.25. The van der Waals surface area contributed by atoms with Gasteiger partial charge in [-0.2, -0.15) is 0 Å². The van der Waals surface area contributed by atoms with Crippen molar-refractivity contribution in [2.45, 2.75) is 13.3 Å². The van der Waals surface area contributed by atoms with Crippen LogP contribution in [0.5, 0.6) is 5.75 Å². The minimum absolute atomic E-state index is 0.0332. The van der Waals surface area contributed by atoms with Crippen LogP contribution in [0.15, 0.2) is 41.8 Å². The molecule has 1 aliphatic heterocycles. The second-order valence-electron chi connectivity index (χ2n) is 5.90. The van der Waals surface area contributed by atoms with Gasteiger partial charge in [0, 0.05) is 26.2 Å². The third-order valence-corrected chi connectivity index (χ3v) is 5.21. The molecule has 0 spiro atoms. The predicted molar refractivity (Wildman–Crippen MR) is 98.1 cm³/mol. The standard InChI is InChI=1S/C19H22N2O3S/c1-2-15-6-3-4-7-16(15)24-14-18(22)20-9-11-21(12-10-20)19(23)17-8-5-13-25-17/h3-8,13H,2,9-12,14H2,1H3. The van der Waals surface area contributed by atoms with Crippen molar-refractivity contribution in [3.05, 3.63) is 52.2 Å². The summed E-state index contributed by atoms with van der Waals surface area (Å²) < 4.78 is 5.71. The Kier molecular flexibility index (Phi) is 5.71. The fraction of sp³-hybridized carbons (Fsp3) is 0.368. The molecule has 2 heterocycles. The molecule has 1 saturated heterocycles. The number of ether oxygens (including phenoxy) is 1. The van der Waals surface area contributed by atoms with E-state index in [1.165, 1.54) is 11.3 Å². The minimum atomic E-state index is -0.0332. The second-order valence-corrected chi connectivity index (χ2v) is 6.85. The number of nitrogens with zero attached hydrogens (tertiary/aromatic N) is 2. The Morgan fingerprint density at radius 2 is 1.76 bits per heavy atom. The SMILES string of the molecule is CCc1ccccc1OCC(=O)N1CCN(C(=O)c2cccs2)CC1. The number of piperazine rings is 1. The van der Waals surface area contributed by atoms with Crippen molar-refractivity contribution in [1.82, 2.24) is 9.80 Å². The highest BCUT2D eigenvalue weighted by atomic mass is 32.1. The molecule has 1 aromatic heterocycles. The van der Waals surface area contributed by atoms with Crippen molar-refractivity contribution in [1.29, 1.82) is 0 Å². The Morgan fingerprint density at radius 1 is 1.04 bits per heavy atom. The van der Waals surface area contributed by atoms with Gasteiger partial charge in [0.15, 0.2) is 6.61 Å².